The molecule has 1 unspecified atom stereocenters. The van der Waals surface area contributed by atoms with E-state index in [-0.39, 0.29) is 42.3 Å². The molecule has 0 bridgehead atoms. The van der Waals surface area contributed by atoms with Crippen LogP contribution in [-0.2, 0) is 11.8 Å². The normalized spacial score (nSPS) is 15.7. The second-order valence-corrected chi connectivity index (χ2v) is 6.91. The number of benzene rings is 1. The molecule has 1 aliphatic rings. The van der Waals surface area contributed by atoms with Crippen molar-refractivity contribution in [3.8, 4) is 5.75 Å². The van der Waals surface area contributed by atoms with E-state index in [1.54, 1.807) is 29.9 Å². The first-order valence-corrected chi connectivity index (χ1v) is 9.41. The number of guanidine groups is 1. The van der Waals surface area contributed by atoms with Crippen LogP contribution < -0.4 is 15.0 Å². The van der Waals surface area contributed by atoms with Crippen LogP contribution in [0.1, 0.15) is 18.4 Å². The summed E-state index contributed by atoms with van der Waals surface area (Å²) in [6, 6.07) is 8.02. The van der Waals surface area contributed by atoms with Gasteiger partial charge in [0.25, 0.3) is 0 Å². The zero-order valence-electron chi connectivity index (χ0n) is 17.3. The Bertz CT molecular complexity index is 853. The van der Waals surface area contributed by atoms with Crippen LogP contribution in [0.5, 0.6) is 5.75 Å². The van der Waals surface area contributed by atoms with Gasteiger partial charge in [-0.2, -0.15) is 5.10 Å². The van der Waals surface area contributed by atoms with Crippen molar-refractivity contribution in [2.75, 3.05) is 45.2 Å². The number of carbonyl (C=O) groups is 1. The van der Waals surface area contributed by atoms with Crippen molar-refractivity contribution in [3.63, 3.8) is 0 Å². The van der Waals surface area contributed by atoms with E-state index in [9.17, 15) is 4.79 Å². The molecule has 1 N–H and O–H groups in total. The Balaban J connectivity index is 0.00000300. The molecule has 0 spiro atoms. The summed E-state index contributed by atoms with van der Waals surface area (Å²) in [7, 11) is 5.28. The highest BCUT2D eigenvalue weighted by atomic mass is 127. The van der Waals surface area contributed by atoms with E-state index in [0.717, 1.165) is 23.0 Å². The molecule has 1 amide bonds. The van der Waals surface area contributed by atoms with Gasteiger partial charge in [-0.25, -0.2) is 0 Å². The fourth-order valence-corrected chi connectivity index (χ4v) is 3.43. The van der Waals surface area contributed by atoms with E-state index in [1.807, 2.05) is 36.3 Å². The topological polar surface area (TPSA) is 75.0 Å². The minimum atomic E-state index is 0. The van der Waals surface area contributed by atoms with Gasteiger partial charge < -0.3 is 19.9 Å². The molecule has 0 radical (unpaired) electrons. The number of piperazine rings is 1. The molecule has 0 saturated carbocycles. The van der Waals surface area contributed by atoms with Gasteiger partial charge in [-0.1, -0.05) is 25.1 Å². The lowest BCUT2D eigenvalue weighted by Gasteiger charge is -2.35. The number of aromatic nitrogens is 2. The summed E-state index contributed by atoms with van der Waals surface area (Å²) in [4.78, 5) is 20.8. The number of hydrogen-bond acceptors (Lipinski definition) is 4. The lowest BCUT2D eigenvalue weighted by molar-refractivity contribution is -0.120. The molecular formula is C20H29IN6O2. The van der Waals surface area contributed by atoms with E-state index in [0.29, 0.717) is 19.6 Å². The molecule has 1 aromatic carbocycles. The average molecular weight is 512 g/mol. The van der Waals surface area contributed by atoms with Gasteiger partial charge in [0.2, 0.25) is 5.91 Å². The van der Waals surface area contributed by atoms with E-state index in [2.05, 4.69) is 28.4 Å². The molecular weight excluding hydrogens is 483 g/mol. The molecule has 3 rings (SSSR count). The van der Waals surface area contributed by atoms with Crippen molar-refractivity contribution >= 4 is 41.5 Å². The van der Waals surface area contributed by atoms with E-state index in [4.69, 9.17) is 4.74 Å². The maximum Gasteiger partial charge on any atom is 0.246 e. The summed E-state index contributed by atoms with van der Waals surface area (Å²) in [5, 5.41) is 7.55. The largest absolute Gasteiger partial charge is 0.496 e. The van der Waals surface area contributed by atoms with E-state index in [1.165, 1.54) is 0 Å². The Hall–Kier alpha value is -2.30. The molecule has 1 aromatic heterocycles. The van der Waals surface area contributed by atoms with Crippen molar-refractivity contribution in [2.24, 2.45) is 12.0 Å². The number of carbonyl (C=O) groups excluding carboxylic acids is 1. The number of anilines is 1. The molecule has 9 heteroatoms. The first kappa shape index (κ1) is 23.0. The zero-order valence-corrected chi connectivity index (χ0v) is 19.7. The fraction of sp³-hybridized carbons (Fsp3) is 0.450. The summed E-state index contributed by atoms with van der Waals surface area (Å²) in [5.41, 5.74) is 1.98. The van der Waals surface area contributed by atoms with Crippen LogP contribution in [0.4, 0.5) is 5.69 Å². The fourth-order valence-electron chi connectivity index (χ4n) is 3.43. The highest BCUT2D eigenvalue weighted by Crippen LogP contribution is 2.25. The third-order valence-electron chi connectivity index (χ3n) is 4.97. The van der Waals surface area contributed by atoms with E-state index >= 15 is 0 Å². The maximum absolute atomic E-state index is 12.6. The van der Waals surface area contributed by atoms with Gasteiger partial charge in [-0.05, 0) is 11.6 Å². The van der Waals surface area contributed by atoms with Crippen LogP contribution in [0.2, 0.25) is 0 Å². The molecule has 2 aromatic rings. The standard InChI is InChI=1S/C20H28N6O2.HI/c1-15(17-7-5-6-8-18(17)28-4)11-22-20(21-2)25-9-10-26(19(27)14-25)16-12-23-24(3)13-16;/h5-8,12-13,15H,9-11,14H2,1-4H3,(H,21,22);1H. The van der Waals surface area contributed by atoms with Crippen molar-refractivity contribution in [2.45, 2.75) is 12.8 Å². The molecule has 8 nitrogen and oxygen atoms in total. The van der Waals surface area contributed by atoms with Crippen LogP contribution in [0.15, 0.2) is 41.7 Å². The number of amides is 1. The van der Waals surface area contributed by atoms with Crippen LogP contribution >= 0.6 is 24.0 Å². The lowest BCUT2D eigenvalue weighted by Crippen LogP contribution is -2.55. The van der Waals surface area contributed by atoms with Gasteiger partial charge in [0.1, 0.15) is 12.3 Å². The minimum Gasteiger partial charge on any atom is -0.496 e. The SMILES string of the molecule is CN=C(NCC(C)c1ccccc1OC)N1CCN(c2cnn(C)c2)C(=O)C1.I. The highest BCUT2D eigenvalue weighted by Gasteiger charge is 2.27. The second-order valence-electron chi connectivity index (χ2n) is 6.91. The molecule has 158 valence electrons. The van der Waals surface area contributed by atoms with Crippen molar-refractivity contribution in [1.82, 2.24) is 20.0 Å². The lowest BCUT2D eigenvalue weighted by atomic mass is 10.0. The van der Waals surface area contributed by atoms with Gasteiger partial charge in [0, 0.05) is 45.8 Å². The Kier molecular flexibility index (Phi) is 8.30. The summed E-state index contributed by atoms with van der Waals surface area (Å²) >= 11 is 0. The monoisotopic (exact) mass is 512 g/mol. The molecule has 2 heterocycles. The second kappa shape index (κ2) is 10.5. The Labute approximate surface area is 188 Å². The van der Waals surface area contributed by atoms with Gasteiger partial charge in [-0.3, -0.25) is 14.5 Å². The van der Waals surface area contributed by atoms with Gasteiger partial charge in [0.05, 0.1) is 19.0 Å². The van der Waals surface area contributed by atoms with Crippen LogP contribution in [0, 0.1) is 0 Å². The van der Waals surface area contributed by atoms with Crippen molar-refractivity contribution < 1.29 is 9.53 Å². The number of halogens is 1. The number of hydrogen-bond donors (Lipinski definition) is 1. The number of nitrogens with zero attached hydrogens (tertiary/aromatic N) is 5. The first-order chi connectivity index (χ1) is 13.5. The number of para-hydroxylation sites is 1. The molecule has 0 aliphatic carbocycles. The third-order valence-corrected chi connectivity index (χ3v) is 4.97. The summed E-state index contributed by atoms with van der Waals surface area (Å²) in [5.74, 6) is 1.90. The Morgan fingerprint density at radius 1 is 1.34 bits per heavy atom. The summed E-state index contributed by atoms with van der Waals surface area (Å²) in [6.45, 7) is 4.45. The molecule has 1 saturated heterocycles. The number of methoxy groups -OCH3 is 1. The van der Waals surface area contributed by atoms with Crippen molar-refractivity contribution in [3.05, 3.63) is 42.2 Å². The van der Waals surface area contributed by atoms with Gasteiger partial charge in [-0.15, -0.1) is 24.0 Å². The Morgan fingerprint density at radius 2 is 2.10 bits per heavy atom. The maximum atomic E-state index is 12.6. The number of aryl methyl sites for hydroxylation is 1. The van der Waals surface area contributed by atoms with Gasteiger partial charge >= 0.3 is 0 Å². The summed E-state index contributed by atoms with van der Waals surface area (Å²) < 4.78 is 7.16. The number of rotatable bonds is 5. The molecule has 1 atom stereocenters. The predicted octanol–water partition coefficient (Wildman–Crippen LogP) is 2.07. The third kappa shape index (κ3) is 5.40. The zero-order chi connectivity index (χ0) is 20.1. The first-order valence-electron chi connectivity index (χ1n) is 9.41. The predicted molar refractivity (Wildman–Crippen MR) is 125 cm³/mol. The van der Waals surface area contributed by atoms with Gasteiger partial charge in [0.15, 0.2) is 5.96 Å². The number of aliphatic imine (C=N–C) groups is 1. The van der Waals surface area contributed by atoms with E-state index < -0.39 is 0 Å². The summed E-state index contributed by atoms with van der Waals surface area (Å²) in [6.07, 6.45) is 3.57. The quantitative estimate of drug-likeness (QED) is 0.378. The van der Waals surface area contributed by atoms with Crippen LogP contribution in [-0.4, -0.2) is 66.9 Å². The van der Waals surface area contributed by atoms with Crippen molar-refractivity contribution in [1.29, 1.82) is 0 Å². The minimum absolute atomic E-state index is 0. The molecule has 1 fully saturated rings. The molecule has 1 aliphatic heterocycles. The number of nitrogens with one attached hydrogen (secondary N) is 1. The Morgan fingerprint density at radius 3 is 2.72 bits per heavy atom. The van der Waals surface area contributed by atoms with Crippen LogP contribution in [0.3, 0.4) is 0 Å². The van der Waals surface area contributed by atoms with Crippen LogP contribution in [0.25, 0.3) is 0 Å². The highest BCUT2D eigenvalue weighted by molar-refractivity contribution is 14.0. The smallest absolute Gasteiger partial charge is 0.246 e. The number of ether oxygens (including phenoxy) is 1. The molecule has 29 heavy (non-hydrogen) atoms. The average Bonchev–Trinajstić information content (AvgIpc) is 3.14.